The first-order valence-electron chi connectivity index (χ1n) is 5.87. The average Bonchev–Trinajstić information content (AvgIpc) is 2.48. The molecule has 100 valence electrons. The molecule has 0 bridgehead atoms. The number of anilines is 1. The molecule has 0 radical (unpaired) electrons. The van der Waals surface area contributed by atoms with Gasteiger partial charge in [0.15, 0.2) is 5.84 Å². The molecule has 20 heavy (non-hydrogen) atoms. The summed E-state index contributed by atoms with van der Waals surface area (Å²) in [7, 11) is 0. The Morgan fingerprint density at radius 3 is 2.20 bits per heavy atom. The summed E-state index contributed by atoms with van der Waals surface area (Å²) in [6.45, 7) is 0. The van der Waals surface area contributed by atoms with Gasteiger partial charge in [-0.1, -0.05) is 35.6 Å². The molecule has 4 N–H and O–H groups in total. The third-order valence-corrected chi connectivity index (χ3v) is 2.63. The fourth-order valence-corrected chi connectivity index (χ4v) is 1.63. The molecule has 0 aliphatic heterocycles. The summed E-state index contributed by atoms with van der Waals surface area (Å²) in [6, 6.07) is 15.8. The first kappa shape index (κ1) is 13.4. The lowest BCUT2D eigenvalue weighted by Gasteiger charge is -2.05. The highest BCUT2D eigenvalue weighted by molar-refractivity contribution is 6.05. The molecule has 1 amide bonds. The van der Waals surface area contributed by atoms with Crippen LogP contribution in [0.25, 0.3) is 0 Å². The highest BCUT2D eigenvalue weighted by atomic mass is 16.1. The Morgan fingerprint density at radius 1 is 1.00 bits per heavy atom. The predicted molar refractivity (Wildman–Crippen MR) is 76.7 cm³/mol. The fraction of sp³-hybridized carbons (Fsp3) is 0. The highest BCUT2D eigenvalue weighted by Crippen LogP contribution is 2.10. The van der Waals surface area contributed by atoms with Crippen LogP contribution in [0.3, 0.4) is 0 Å². The van der Waals surface area contributed by atoms with Crippen molar-refractivity contribution in [3.05, 3.63) is 65.7 Å². The molecule has 0 aliphatic rings. The fourth-order valence-electron chi connectivity index (χ4n) is 1.63. The maximum atomic E-state index is 12.0. The minimum atomic E-state index is -0.205. The number of amides is 1. The first-order valence-corrected chi connectivity index (χ1v) is 5.87. The number of para-hydroxylation sites is 1. The van der Waals surface area contributed by atoms with Crippen LogP contribution in [0.5, 0.6) is 0 Å². The lowest BCUT2D eigenvalue weighted by Crippen LogP contribution is -2.14. The van der Waals surface area contributed by atoms with Crippen molar-refractivity contribution in [3.63, 3.8) is 0 Å². The van der Waals surface area contributed by atoms with Gasteiger partial charge in [-0.25, -0.2) is 0 Å². The van der Waals surface area contributed by atoms with Crippen molar-refractivity contribution in [3.8, 4) is 0 Å². The van der Waals surface area contributed by atoms with Gasteiger partial charge in [-0.15, -0.1) is 5.10 Å². The predicted octanol–water partition coefficient (Wildman–Crippen LogP) is 2.59. The maximum Gasteiger partial charge on any atom is 0.255 e. The van der Waals surface area contributed by atoms with E-state index in [0.29, 0.717) is 11.1 Å². The average molecular weight is 267 g/mol. The van der Waals surface area contributed by atoms with Crippen molar-refractivity contribution in [1.82, 2.24) is 0 Å². The smallest absolute Gasteiger partial charge is 0.255 e. The van der Waals surface area contributed by atoms with Gasteiger partial charge in [0.2, 0.25) is 0 Å². The number of carbonyl (C=O) groups excluding carboxylic acids is 1. The summed E-state index contributed by atoms with van der Waals surface area (Å²) >= 11 is 0. The molecule has 0 saturated heterocycles. The van der Waals surface area contributed by atoms with Crippen LogP contribution in [0.15, 0.2) is 64.9 Å². The molecule has 0 aromatic heterocycles. The zero-order valence-electron chi connectivity index (χ0n) is 10.6. The zero-order chi connectivity index (χ0) is 14.4. The molecule has 0 spiro atoms. The van der Waals surface area contributed by atoms with Crippen LogP contribution in [0.4, 0.5) is 5.69 Å². The quantitative estimate of drug-likeness (QED) is 0.343. The Labute approximate surface area is 115 Å². The number of nitrogens with one attached hydrogen (secondary N) is 2. The van der Waals surface area contributed by atoms with Gasteiger partial charge in [-0.3, -0.25) is 4.79 Å². The standard InChI is InChI=1S/C14H13N5O/c15-13(18-19-16)10-6-8-11(9-7-10)14(20)17-12-4-2-1-3-5-12/h1-9H,(H,17,20)(H3,15,16,18). The number of nitrogens with two attached hydrogens (primary N) is 1. The number of nitrogens with zero attached hydrogens (tertiary/aromatic N) is 2. The molecular weight excluding hydrogens is 254 g/mol. The van der Waals surface area contributed by atoms with Gasteiger partial charge >= 0.3 is 0 Å². The van der Waals surface area contributed by atoms with Crippen LogP contribution in [0.1, 0.15) is 15.9 Å². The minimum Gasteiger partial charge on any atom is -0.382 e. The third-order valence-electron chi connectivity index (χ3n) is 2.63. The topological polar surface area (TPSA) is 104 Å². The van der Waals surface area contributed by atoms with E-state index in [1.54, 1.807) is 24.3 Å². The highest BCUT2D eigenvalue weighted by Gasteiger charge is 2.06. The van der Waals surface area contributed by atoms with Crippen molar-refractivity contribution in [1.29, 1.82) is 5.53 Å². The van der Waals surface area contributed by atoms with Crippen molar-refractivity contribution in [2.75, 3.05) is 5.32 Å². The molecule has 0 fully saturated rings. The van der Waals surface area contributed by atoms with Gasteiger partial charge in [0, 0.05) is 16.8 Å². The monoisotopic (exact) mass is 267 g/mol. The van der Waals surface area contributed by atoms with Crippen LogP contribution in [-0.4, -0.2) is 11.7 Å². The van der Waals surface area contributed by atoms with Gasteiger partial charge in [0.05, 0.1) is 0 Å². The van der Waals surface area contributed by atoms with E-state index in [2.05, 4.69) is 15.6 Å². The lowest BCUT2D eigenvalue weighted by atomic mass is 10.1. The van der Waals surface area contributed by atoms with Crippen LogP contribution >= 0.6 is 0 Å². The van der Waals surface area contributed by atoms with E-state index in [0.717, 1.165) is 5.69 Å². The van der Waals surface area contributed by atoms with E-state index in [1.165, 1.54) is 0 Å². The number of carbonyl (C=O) groups is 1. The van der Waals surface area contributed by atoms with Crippen molar-refractivity contribution in [2.45, 2.75) is 0 Å². The van der Waals surface area contributed by atoms with E-state index in [4.69, 9.17) is 11.3 Å². The lowest BCUT2D eigenvalue weighted by molar-refractivity contribution is 0.102. The third kappa shape index (κ3) is 3.26. The summed E-state index contributed by atoms with van der Waals surface area (Å²) in [5.41, 5.74) is 14.1. The number of hydrogen-bond donors (Lipinski definition) is 3. The number of benzene rings is 2. The molecule has 2 rings (SSSR count). The molecule has 0 heterocycles. The molecular formula is C14H13N5O. The summed E-state index contributed by atoms with van der Waals surface area (Å²) in [6.07, 6.45) is 0. The number of amidine groups is 1. The molecule has 0 aliphatic carbocycles. The Balaban J connectivity index is 2.12. The molecule has 6 heteroatoms. The number of hydrogen-bond acceptors (Lipinski definition) is 3. The molecule has 0 saturated carbocycles. The van der Waals surface area contributed by atoms with Gasteiger partial charge in [-0.2, -0.15) is 5.53 Å². The summed E-state index contributed by atoms with van der Waals surface area (Å²) in [5, 5.41) is 9.06. The zero-order valence-corrected chi connectivity index (χ0v) is 10.6. The van der Waals surface area contributed by atoms with E-state index < -0.39 is 0 Å². The Bertz CT molecular complexity index is 634. The van der Waals surface area contributed by atoms with E-state index >= 15 is 0 Å². The normalized spacial score (nSPS) is 10.9. The van der Waals surface area contributed by atoms with Crippen LogP contribution in [0.2, 0.25) is 0 Å². The Morgan fingerprint density at radius 2 is 1.60 bits per heavy atom. The first-order chi connectivity index (χ1) is 9.70. The maximum absolute atomic E-state index is 12.0. The second kappa shape index (κ2) is 6.24. The summed E-state index contributed by atoms with van der Waals surface area (Å²) in [4.78, 5) is 12.0. The van der Waals surface area contributed by atoms with Crippen molar-refractivity contribution >= 4 is 17.4 Å². The Kier molecular flexibility index (Phi) is 4.18. The van der Waals surface area contributed by atoms with Gasteiger partial charge in [0.25, 0.3) is 5.91 Å². The number of rotatable bonds is 4. The summed E-state index contributed by atoms with van der Waals surface area (Å²) < 4.78 is 0. The summed E-state index contributed by atoms with van der Waals surface area (Å²) in [5.74, 6) is -0.0709. The molecule has 0 unspecified atom stereocenters. The van der Waals surface area contributed by atoms with Crippen LogP contribution in [0, 0.1) is 5.53 Å². The van der Waals surface area contributed by atoms with Crippen molar-refractivity contribution in [2.24, 2.45) is 16.1 Å². The molecule has 0 atom stereocenters. The van der Waals surface area contributed by atoms with E-state index in [1.807, 2.05) is 30.3 Å². The largest absolute Gasteiger partial charge is 0.382 e. The SMILES string of the molecule is N=NN=C(N)c1ccc(C(=O)Nc2ccccc2)cc1. The minimum absolute atomic E-state index is 0.134. The van der Waals surface area contributed by atoms with Crippen LogP contribution in [-0.2, 0) is 0 Å². The van der Waals surface area contributed by atoms with Crippen LogP contribution < -0.4 is 11.1 Å². The van der Waals surface area contributed by atoms with Gasteiger partial charge < -0.3 is 11.1 Å². The molecule has 6 nitrogen and oxygen atoms in total. The second-order valence-electron chi connectivity index (χ2n) is 3.98. The van der Waals surface area contributed by atoms with Crippen molar-refractivity contribution < 1.29 is 4.79 Å². The van der Waals surface area contributed by atoms with E-state index in [-0.39, 0.29) is 11.7 Å². The molecule has 2 aromatic rings. The van der Waals surface area contributed by atoms with E-state index in [9.17, 15) is 4.79 Å². The van der Waals surface area contributed by atoms with Gasteiger partial charge in [0.1, 0.15) is 0 Å². The Hall–Kier alpha value is -3.02. The second-order valence-corrected chi connectivity index (χ2v) is 3.98. The van der Waals surface area contributed by atoms with Gasteiger partial charge in [-0.05, 0) is 24.3 Å². The molecule has 2 aromatic carbocycles.